The maximum absolute atomic E-state index is 13.4. The fourth-order valence-corrected chi connectivity index (χ4v) is 5.51. The Bertz CT molecular complexity index is 1120. The summed E-state index contributed by atoms with van der Waals surface area (Å²) in [7, 11) is -3.21. The lowest BCUT2D eigenvalue weighted by Crippen LogP contribution is -2.49. The Hall–Kier alpha value is -2.27. The van der Waals surface area contributed by atoms with Crippen molar-refractivity contribution in [2.75, 3.05) is 50.4 Å². The Labute approximate surface area is 202 Å². The first-order chi connectivity index (χ1) is 15.7. The highest BCUT2D eigenvalue weighted by molar-refractivity contribution is 7.88. The van der Waals surface area contributed by atoms with Gasteiger partial charge in [-0.1, -0.05) is 0 Å². The van der Waals surface area contributed by atoms with E-state index >= 15 is 0 Å². The van der Waals surface area contributed by atoms with Crippen LogP contribution in [-0.4, -0.2) is 84.6 Å². The number of thiocarbonyl (C=S) groups is 1. The molecule has 1 aromatic rings. The zero-order valence-corrected chi connectivity index (χ0v) is 20.7. The maximum Gasteiger partial charge on any atom is 0.417 e. The van der Waals surface area contributed by atoms with Crippen molar-refractivity contribution in [1.82, 2.24) is 14.1 Å². The summed E-state index contributed by atoms with van der Waals surface area (Å²) in [5.74, 6) is -0.447. The van der Waals surface area contributed by atoms with Gasteiger partial charge in [0.1, 0.15) is 5.54 Å². The van der Waals surface area contributed by atoms with E-state index in [1.165, 1.54) is 22.7 Å². The van der Waals surface area contributed by atoms with Gasteiger partial charge >= 0.3 is 6.18 Å². The Kier molecular flexibility index (Phi) is 7.29. The van der Waals surface area contributed by atoms with Gasteiger partial charge in [-0.3, -0.25) is 9.69 Å². The van der Waals surface area contributed by atoms with Gasteiger partial charge in [0.2, 0.25) is 10.0 Å². The van der Waals surface area contributed by atoms with Crippen molar-refractivity contribution < 1.29 is 26.4 Å². The van der Waals surface area contributed by atoms with Gasteiger partial charge in [0.25, 0.3) is 5.91 Å². The molecule has 2 heterocycles. The first kappa shape index (κ1) is 26.3. The molecule has 0 bridgehead atoms. The van der Waals surface area contributed by atoms with Gasteiger partial charge in [0.15, 0.2) is 5.11 Å². The van der Waals surface area contributed by atoms with Crippen molar-refractivity contribution in [3.63, 3.8) is 0 Å². The van der Waals surface area contributed by atoms with Crippen LogP contribution in [0.5, 0.6) is 0 Å². The minimum Gasteiger partial charge on any atom is -0.334 e. The standard InChI is InChI=1S/C21H26F3N5O3S2/c1-20(2)18(30)29(16-6-5-15(14-25)17(13-16)21(22,23)24)19(33)28(20)8-4-7-26-9-11-27(12-10-26)34(3,31)32/h5-6,13H,4,7-12H2,1-3H3. The second-order valence-electron chi connectivity index (χ2n) is 8.83. The summed E-state index contributed by atoms with van der Waals surface area (Å²) in [5.41, 5.74) is -2.74. The molecular formula is C21H26F3N5O3S2. The molecule has 2 saturated heterocycles. The van der Waals surface area contributed by atoms with Crippen LogP contribution < -0.4 is 4.90 Å². The van der Waals surface area contributed by atoms with E-state index < -0.39 is 38.8 Å². The average Bonchev–Trinajstić information content (AvgIpc) is 2.91. The number of piperazine rings is 1. The molecule has 1 amide bonds. The minimum absolute atomic E-state index is 0.0335. The first-order valence-corrected chi connectivity index (χ1v) is 12.9. The van der Waals surface area contributed by atoms with E-state index in [4.69, 9.17) is 17.5 Å². The van der Waals surface area contributed by atoms with Crippen LogP contribution in [0.25, 0.3) is 0 Å². The summed E-state index contributed by atoms with van der Waals surface area (Å²) in [6, 6.07) is 4.64. The number of nitriles is 1. The molecule has 0 saturated carbocycles. The quantitative estimate of drug-likeness (QED) is 0.535. The lowest BCUT2D eigenvalue weighted by molar-refractivity contribution is -0.137. The average molecular weight is 518 g/mol. The molecule has 1 aromatic carbocycles. The molecule has 0 atom stereocenters. The van der Waals surface area contributed by atoms with E-state index in [1.807, 2.05) is 0 Å². The molecule has 0 spiro atoms. The lowest BCUT2D eigenvalue weighted by atomic mass is 10.0. The normalized spacial score (nSPS) is 20.1. The monoisotopic (exact) mass is 517 g/mol. The van der Waals surface area contributed by atoms with Crippen LogP contribution in [0.4, 0.5) is 18.9 Å². The third-order valence-corrected chi connectivity index (χ3v) is 7.87. The smallest absolute Gasteiger partial charge is 0.334 e. The van der Waals surface area contributed by atoms with Crippen molar-refractivity contribution in [2.24, 2.45) is 0 Å². The largest absolute Gasteiger partial charge is 0.417 e. The van der Waals surface area contributed by atoms with Crippen LogP contribution in [0.2, 0.25) is 0 Å². The number of sulfonamides is 1. The maximum atomic E-state index is 13.4. The molecule has 0 unspecified atom stereocenters. The number of alkyl halides is 3. The summed E-state index contributed by atoms with van der Waals surface area (Å²) in [5, 5.41) is 9.13. The fourth-order valence-electron chi connectivity index (χ4n) is 4.18. The van der Waals surface area contributed by atoms with Gasteiger partial charge in [0.05, 0.1) is 29.1 Å². The van der Waals surface area contributed by atoms with Crippen LogP contribution in [-0.2, 0) is 21.0 Å². The van der Waals surface area contributed by atoms with Crippen LogP contribution in [0, 0.1) is 11.3 Å². The van der Waals surface area contributed by atoms with Crippen molar-refractivity contribution in [3.05, 3.63) is 29.3 Å². The zero-order chi connectivity index (χ0) is 25.5. The molecule has 34 heavy (non-hydrogen) atoms. The zero-order valence-electron chi connectivity index (χ0n) is 19.1. The Morgan fingerprint density at radius 1 is 1.15 bits per heavy atom. The van der Waals surface area contributed by atoms with Crippen molar-refractivity contribution >= 4 is 38.9 Å². The van der Waals surface area contributed by atoms with E-state index in [0.29, 0.717) is 45.7 Å². The molecule has 186 valence electrons. The van der Waals surface area contributed by atoms with E-state index in [2.05, 4.69) is 4.90 Å². The predicted octanol–water partition coefficient (Wildman–Crippen LogP) is 2.26. The third-order valence-electron chi connectivity index (χ3n) is 6.17. The van der Waals surface area contributed by atoms with E-state index in [1.54, 1.807) is 18.7 Å². The number of hydrogen-bond acceptors (Lipinski definition) is 6. The van der Waals surface area contributed by atoms with Gasteiger partial charge in [-0.15, -0.1) is 0 Å². The third kappa shape index (κ3) is 5.19. The predicted molar refractivity (Wildman–Crippen MR) is 125 cm³/mol. The number of rotatable bonds is 6. The fraction of sp³-hybridized carbons (Fsp3) is 0.571. The van der Waals surface area contributed by atoms with Gasteiger partial charge in [-0.25, -0.2) is 8.42 Å². The van der Waals surface area contributed by atoms with Crippen LogP contribution in [0.15, 0.2) is 18.2 Å². The van der Waals surface area contributed by atoms with E-state index in [0.717, 1.165) is 17.0 Å². The molecule has 0 N–H and O–H groups in total. The number of carbonyl (C=O) groups is 1. The summed E-state index contributed by atoms with van der Waals surface area (Å²) >= 11 is 5.49. The lowest BCUT2D eigenvalue weighted by Gasteiger charge is -2.34. The second kappa shape index (κ2) is 9.41. The Morgan fingerprint density at radius 3 is 2.29 bits per heavy atom. The van der Waals surface area contributed by atoms with Crippen LogP contribution in [0.1, 0.15) is 31.4 Å². The molecule has 13 heteroatoms. The molecule has 0 aliphatic carbocycles. The molecule has 0 radical (unpaired) electrons. The second-order valence-corrected chi connectivity index (χ2v) is 11.2. The Balaban J connectivity index is 1.71. The summed E-state index contributed by atoms with van der Waals surface area (Å²) < 4.78 is 65.0. The van der Waals surface area contributed by atoms with Gasteiger partial charge in [-0.2, -0.15) is 22.7 Å². The molecule has 2 aliphatic heterocycles. The van der Waals surface area contributed by atoms with E-state index in [-0.39, 0.29) is 10.8 Å². The number of anilines is 1. The van der Waals surface area contributed by atoms with Gasteiger partial charge in [0, 0.05) is 32.7 Å². The highest BCUT2D eigenvalue weighted by Crippen LogP contribution is 2.37. The number of amides is 1. The molecule has 3 rings (SSSR count). The summed E-state index contributed by atoms with van der Waals surface area (Å²) in [6.45, 7) is 6.42. The number of carbonyl (C=O) groups excluding carboxylic acids is 1. The summed E-state index contributed by atoms with van der Waals surface area (Å²) in [6.07, 6.45) is -2.93. The minimum atomic E-state index is -4.75. The molecule has 8 nitrogen and oxygen atoms in total. The van der Waals surface area contributed by atoms with Crippen molar-refractivity contribution in [1.29, 1.82) is 5.26 Å². The van der Waals surface area contributed by atoms with Crippen LogP contribution in [0.3, 0.4) is 0 Å². The molecule has 2 aliphatic rings. The number of hydrogen-bond donors (Lipinski definition) is 0. The highest BCUT2D eigenvalue weighted by Gasteiger charge is 2.49. The van der Waals surface area contributed by atoms with Gasteiger partial charge in [-0.05, 0) is 57.2 Å². The van der Waals surface area contributed by atoms with Gasteiger partial charge < -0.3 is 9.80 Å². The highest BCUT2D eigenvalue weighted by atomic mass is 32.2. The van der Waals surface area contributed by atoms with Crippen molar-refractivity contribution in [2.45, 2.75) is 32.0 Å². The first-order valence-electron chi connectivity index (χ1n) is 10.6. The Morgan fingerprint density at radius 2 is 1.76 bits per heavy atom. The summed E-state index contributed by atoms with van der Waals surface area (Å²) in [4.78, 5) is 18.1. The number of halogens is 3. The molecular weight excluding hydrogens is 491 g/mol. The SMILES string of the molecule is CC1(C)C(=O)N(c2ccc(C#N)c(C(F)(F)F)c2)C(=S)N1CCCN1CCN(S(C)(=O)=O)CC1. The van der Waals surface area contributed by atoms with Crippen molar-refractivity contribution in [3.8, 4) is 6.07 Å². The molecule has 0 aromatic heterocycles. The topological polar surface area (TPSA) is 88.0 Å². The van der Waals surface area contributed by atoms with Crippen LogP contribution >= 0.6 is 12.2 Å². The number of benzene rings is 1. The van der Waals surface area contributed by atoms with E-state index in [9.17, 15) is 26.4 Å². The molecule has 2 fully saturated rings. The number of nitrogens with zero attached hydrogens (tertiary/aromatic N) is 5.